The second kappa shape index (κ2) is 12.5. The van der Waals surface area contributed by atoms with Gasteiger partial charge in [0.15, 0.2) is 0 Å². The number of nitrogens with two attached hydrogens (primary N) is 1. The number of aromatic hydroxyl groups is 1. The number of carbonyl (C=O) groups is 1. The number of fused-ring (bicyclic) bond motifs is 1. The molecule has 7 nitrogen and oxygen atoms in total. The van der Waals surface area contributed by atoms with Gasteiger partial charge in [-0.05, 0) is 67.9 Å². The molecule has 1 fully saturated rings. The number of piperazine rings is 1. The van der Waals surface area contributed by atoms with Crippen molar-refractivity contribution in [1.29, 1.82) is 0 Å². The van der Waals surface area contributed by atoms with Crippen molar-refractivity contribution in [2.45, 2.75) is 17.7 Å². The highest BCUT2D eigenvalue weighted by molar-refractivity contribution is 7.99. The molecule has 0 saturated carbocycles. The number of carboxylic acid groups (broad SMARTS) is 1. The van der Waals surface area contributed by atoms with Gasteiger partial charge in [0.25, 0.3) is 0 Å². The number of nitrogens with zero attached hydrogens (tertiary/aromatic N) is 2. The van der Waals surface area contributed by atoms with Crippen LogP contribution in [0.2, 0.25) is 0 Å². The van der Waals surface area contributed by atoms with E-state index in [9.17, 15) is 9.90 Å². The molecule has 2 aromatic rings. The molecule has 0 spiro atoms. The number of aliphatic carboxylic acids is 1. The molecule has 2 aliphatic rings. The maximum Gasteiger partial charge on any atom is 0.332 e. The third kappa shape index (κ3) is 7.42. The molecule has 0 radical (unpaired) electrons. The van der Waals surface area contributed by atoms with E-state index in [4.69, 9.17) is 15.6 Å². The summed E-state index contributed by atoms with van der Waals surface area (Å²) in [5.41, 5.74) is 7.98. The second-order valence-electron chi connectivity index (χ2n) is 8.01. The van der Waals surface area contributed by atoms with Gasteiger partial charge in [-0.1, -0.05) is 6.07 Å². The van der Waals surface area contributed by atoms with Gasteiger partial charge in [-0.3, -0.25) is 4.90 Å². The second-order valence-corrected chi connectivity index (χ2v) is 9.03. The Balaban J connectivity index is 0.000000189. The van der Waals surface area contributed by atoms with Gasteiger partial charge >= 0.3 is 5.97 Å². The SMILES string of the molecule is COc1ccc2c(c1)C=C(C(=O)O)CS2.NCCCCN1CCN(c2cccc(O)c2)CC1. The summed E-state index contributed by atoms with van der Waals surface area (Å²) < 4.78 is 5.09. The molecule has 4 rings (SSSR count). The van der Waals surface area contributed by atoms with Gasteiger partial charge in [0, 0.05) is 54.2 Å². The number of hydrogen-bond donors (Lipinski definition) is 3. The van der Waals surface area contributed by atoms with Crippen LogP contribution in [0.25, 0.3) is 6.08 Å². The van der Waals surface area contributed by atoms with Crippen LogP contribution in [-0.2, 0) is 4.79 Å². The van der Waals surface area contributed by atoms with Crippen LogP contribution in [0, 0.1) is 0 Å². The molecule has 4 N–H and O–H groups in total. The van der Waals surface area contributed by atoms with Crippen molar-refractivity contribution in [2.24, 2.45) is 5.73 Å². The van der Waals surface area contributed by atoms with Crippen LogP contribution in [0.4, 0.5) is 5.69 Å². The van der Waals surface area contributed by atoms with Gasteiger partial charge in [-0.25, -0.2) is 4.79 Å². The summed E-state index contributed by atoms with van der Waals surface area (Å²) in [6, 6.07) is 13.2. The summed E-state index contributed by atoms with van der Waals surface area (Å²) in [7, 11) is 1.60. The molecule has 0 aliphatic carbocycles. The van der Waals surface area contributed by atoms with Crippen molar-refractivity contribution in [3.05, 3.63) is 53.6 Å². The molecule has 2 aromatic carbocycles. The maximum atomic E-state index is 10.8. The van der Waals surface area contributed by atoms with Crippen molar-refractivity contribution in [2.75, 3.05) is 57.0 Å². The summed E-state index contributed by atoms with van der Waals surface area (Å²) >= 11 is 1.54. The molecule has 0 aromatic heterocycles. The molecule has 0 unspecified atom stereocenters. The molecular weight excluding hydrogens is 438 g/mol. The van der Waals surface area contributed by atoms with E-state index in [0.717, 1.165) is 67.6 Å². The monoisotopic (exact) mass is 471 g/mol. The van der Waals surface area contributed by atoms with Crippen molar-refractivity contribution in [3.63, 3.8) is 0 Å². The van der Waals surface area contributed by atoms with E-state index >= 15 is 0 Å². The van der Waals surface area contributed by atoms with Crippen molar-refractivity contribution in [3.8, 4) is 11.5 Å². The first-order valence-electron chi connectivity index (χ1n) is 11.2. The molecule has 0 bridgehead atoms. The number of methoxy groups -OCH3 is 1. The van der Waals surface area contributed by atoms with Gasteiger partial charge < -0.3 is 25.6 Å². The minimum absolute atomic E-state index is 0.345. The first-order chi connectivity index (χ1) is 16.0. The highest BCUT2D eigenvalue weighted by atomic mass is 32.2. The summed E-state index contributed by atoms with van der Waals surface area (Å²) in [4.78, 5) is 16.7. The maximum absolute atomic E-state index is 10.8. The zero-order chi connectivity index (χ0) is 23.6. The molecule has 0 amide bonds. The van der Waals surface area contributed by atoms with Crippen molar-refractivity contribution < 1.29 is 19.7 Å². The van der Waals surface area contributed by atoms with Crippen LogP contribution < -0.4 is 15.4 Å². The van der Waals surface area contributed by atoms with Crippen LogP contribution in [0.1, 0.15) is 18.4 Å². The number of thioether (sulfide) groups is 1. The molecular formula is C25H33N3O4S. The Kier molecular flexibility index (Phi) is 9.47. The Labute approximate surface area is 199 Å². The van der Waals surface area contributed by atoms with Crippen LogP contribution >= 0.6 is 11.8 Å². The normalized spacial score (nSPS) is 15.7. The van der Waals surface area contributed by atoms with E-state index in [-0.39, 0.29) is 0 Å². The lowest BCUT2D eigenvalue weighted by Crippen LogP contribution is -2.46. The first kappa shape index (κ1) is 25.0. The standard InChI is InChI=1S/C14H23N3O.C11H10O3S/c15-6-1-2-7-16-8-10-17(11-9-16)13-4-3-5-14(18)12-13;1-14-9-2-3-10-7(5-9)4-8(6-15-10)11(12)13/h3-5,12,18H,1-2,6-11,15H2;2-5H,6H2,1H3,(H,12,13). The Bertz CT molecular complexity index is 958. The van der Waals surface area contributed by atoms with Gasteiger partial charge in [-0.2, -0.15) is 0 Å². The lowest BCUT2D eigenvalue weighted by atomic mass is 10.1. The Hall–Kier alpha value is -2.68. The number of phenols is 1. The lowest BCUT2D eigenvalue weighted by Gasteiger charge is -2.36. The number of rotatable bonds is 7. The number of carboxylic acids is 1. The zero-order valence-corrected chi connectivity index (χ0v) is 19.9. The number of unbranched alkanes of at least 4 members (excludes halogenated alkanes) is 1. The summed E-state index contributed by atoms with van der Waals surface area (Å²) in [5, 5.41) is 18.4. The average Bonchev–Trinajstić information content (AvgIpc) is 2.84. The van der Waals surface area contributed by atoms with Gasteiger partial charge in [0.1, 0.15) is 11.5 Å². The summed E-state index contributed by atoms with van der Waals surface area (Å²) in [6.45, 7) is 6.22. The van der Waals surface area contributed by atoms with Crippen LogP contribution in [0.5, 0.6) is 11.5 Å². The minimum Gasteiger partial charge on any atom is -0.508 e. The largest absolute Gasteiger partial charge is 0.508 e. The number of benzene rings is 2. The van der Waals surface area contributed by atoms with Crippen LogP contribution in [0.3, 0.4) is 0 Å². The van der Waals surface area contributed by atoms with E-state index < -0.39 is 5.97 Å². The third-order valence-electron chi connectivity index (χ3n) is 5.70. The predicted molar refractivity (Wildman–Crippen MR) is 134 cm³/mol. The first-order valence-corrected chi connectivity index (χ1v) is 12.2. The molecule has 2 aliphatic heterocycles. The third-order valence-corrected chi connectivity index (χ3v) is 6.84. The lowest BCUT2D eigenvalue weighted by molar-refractivity contribution is -0.132. The highest BCUT2D eigenvalue weighted by Gasteiger charge is 2.17. The van der Waals surface area contributed by atoms with E-state index in [0.29, 0.717) is 17.1 Å². The Morgan fingerprint density at radius 3 is 2.58 bits per heavy atom. The fraction of sp³-hybridized carbons (Fsp3) is 0.400. The topological polar surface area (TPSA) is 99.3 Å². The molecule has 178 valence electrons. The van der Waals surface area contributed by atoms with Gasteiger partial charge in [0.2, 0.25) is 0 Å². The summed E-state index contributed by atoms with van der Waals surface area (Å²) in [5.74, 6) is 0.764. The molecule has 2 heterocycles. The van der Waals surface area contributed by atoms with Gasteiger partial charge in [-0.15, -0.1) is 11.8 Å². The Morgan fingerprint density at radius 2 is 1.91 bits per heavy atom. The average molecular weight is 472 g/mol. The van der Waals surface area contributed by atoms with Crippen molar-refractivity contribution >= 4 is 29.5 Å². The fourth-order valence-corrected chi connectivity index (χ4v) is 4.77. The quantitative estimate of drug-likeness (QED) is 0.528. The smallest absolute Gasteiger partial charge is 0.332 e. The predicted octanol–water partition coefficient (Wildman–Crippen LogP) is 3.52. The number of anilines is 1. The number of phenolic OH excluding ortho intramolecular Hbond substituents is 1. The summed E-state index contributed by atoms with van der Waals surface area (Å²) in [6.07, 6.45) is 4.02. The van der Waals surface area contributed by atoms with E-state index in [1.54, 1.807) is 19.3 Å². The van der Waals surface area contributed by atoms with Gasteiger partial charge in [0.05, 0.1) is 7.11 Å². The van der Waals surface area contributed by atoms with Crippen LogP contribution in [-0.4, -0.2) is 73.2 Å². The molecule has 1 saturated heterocycles. The van der Waals surface area contributed by atoms with Crippen molar-refractivity contribution in [1.82, 2.24) is 4.90 Å². The van der Waals surface area contributed by atoms with Crippen LogP contribution in [0.15, 0.2) is 52.9 Å². The highest BCUT2D eigenvalue weighted by Crippen LogP contribution is 2.34. The number of ether oxygens (including phenoxy) is 1. The van der Waals surface area contributed by atoms with E-state index in [1.165, 1.54) is 18.2 Å². The Morgan fingerprint density at radius 1 is 1.12 bits per heavy atom. The molecule has 33 heavy (non-hydrogen) atoms. The number of hydrogen-bond acceptors (Lipinski definition) is 7. The zero-order valence-electron chi connectivity index (χ0n) is 19.1. The van der Waals surface area contributed by atoms with E-state index in [1.807, 2.05) is 30.3 Å². The molecule has 8 heteroatoms. The van der Waals surface area contributed by atoms with E-state index in [2.05, 4.69) is 15.9 Å². The fourth-order valence-electron chi connectivity index (χ4n) is 3.81. The minimum atomic E-state index is -0.851. The molecule has 0 atom stereocenters.